The van der Waals surface area contributed by atoms with E-state index in [1.807, 2.05) is 0 Å². The topological polar surface area (TPSA) is 4.93 Å². The average molecular weight is 506 g/mol. The van der Waals surface area contributed by atoms with Crippen LogP contribution in [0.2, 0.25) is 0 Å². The van der Waals surface area contributed by atoms with E-state index < -0.39 is 0 Å². The number of fused-ring (bicyclic) bond motifs is 11. The molecule has 0 radical (unpaired) electrons. The molecule has 0 spiro atoms. The lowest BCUT2D eigenvalue weighted by Crippen LogP contribution is -1.96. The smallest absolute Gasteiger partial charge is 0.0547 e. The van der Waals surface area contributed by atoms with Gasteiger partial charge in [-0.2, -0.15) is 0 Å². The quantitative estimate of drug-likeness (QED) is 0.209. The van der Waals surface area contributed by atoms with Crippen molar-refractivity contribution >= 4 is 43.4 Å². The second kappa shape index (κ2) is 7.28. The second-order valence-corrected chi connectivity index (χ2v) is 11.3. The van der Waals surface area contributed by atoms with E-state index in [2.05, 4.69) is 132 Å². The summed E-state index contributed by atoms with van der Waals surface area (Å²) in [7, 11) is 0. The zero-order valence-corrected chi connectivity index (χ0v) is 21.8. The molecule has 2 aliphatic carbocycles. The number of aromatic nitrogens is 1. The number of nitrogens with zero attached hydrogens (tertiary/aromatic N) is 1. The van der Waals surface area contributed by atoms with Crippen molar-refractivity contribution in [3.8, 4) is 39.1 Å². The van der Waals surface area contributed by atoms with Gasteiger partial charge >= 0.3 is 0 Å². The van der Waals surface area contributed by atoms with E-state index in [9.17, 15) is 0 Å². The number of rotatable bonds is 1. The van der Waals surface area contributed by atoms with Crippen molar-refractivity contribution in [3.05, 3.63) is 139 Å². The first-order valence-electron chi connectivity index (χ1n) is 14.1. The van der Waals surface area contributed by atoms with Gasteiger partial charge in [-0.05, 0) is 91.4 Å². The molecule has 2 aliphatic rings. The molecule has 0 amide bonds. The minimum Gasteiger partial charge on any atom is -0.309 e. The fourth-order valence-electron chi connectivity index (χ4n) is 7.66. The molecule has 0 saturated heterocycles. The van der Waals surface area contributed by atoms with Crippen molar-refractivity contribution in [2.45, 2.75) is 6.42 Å². The van der Waals surface area contributed by atoms with Crippen molar-refractivity contribution in [2.75, 3.05) is 0 Å². The molecule has 7 aromatic carbocycles. The second-order valence-electron chi connectivity index (χ2n) is 11.3. The summed E-state index contributed by atoms with van der Waals surface area (Å²) in [4.78, 5) is 0. The Morgan fingerprint density at radius 1 is 0.400 bits per heavy atom. The normalized spacial score (nSPS) is 12.9. The minimum absolute atomic E-state index is 0.998. The van der Waals surface area contributed by atoms with Gasteiger partial charge in [0.25, 0.3) is 0 Å². The van der Waals surface area contributed by atoms with Crippen LogP contribution in [0.25, 0.3) is 82.4 Å². The van der Waals surface area contributed by atoms with E-state index in [0.29, 0.717) is 0 Å². The van der Waals surface area contributed by atoms with Crippen LogP contribution in [0, 0.1) is 0 Å². The van der Waals surface area contributed by atoms with Gasteiger partial charge in [0, 0.05) is 16.2 Å². The SMILES string of the molecule is c1ccc2c(c1)Cc1cc3c4c5ccccc5ccc4n(-c4ccc5c6c(cccc46)-c4ccccc4-5)c3cc1-2. The zero-order valence-electron chi connectivity index (χ0n) is 21.8. The monoisotopic (exact) mass is 505 g/mol. The number of hydrogen-bond acceptors (Lipinski definition) is 0. The van der Waals surface area contributed by atoms with Gasteiger partial charge in [-0.1, -0.05) is 103 Å². The Labute approximate surface area is 231 Å². The highest BCUT2D eigenvalue weighted by Gasteiger charge is 2.26. The van der Waals surface area contributed by atoms with Gasteiger partial charge < -0.3 is 4.57 Å². The number of hydrogen-bond donors (Lipinski definition) is 0. The van der Waals surface area contributed by atoms with Gasteiger partial charge in [0.05, 0.1) is 16.7 Å². The fraction of sp³-hybridized carbons (Fsp3) is 0.0256. The Hall–Kier alpha value is -5.14. The summed E-state index contributed by atoms with van der Waals surface area (Å²) >= 11 is 0. The average Bonchev–Trinajstić information content (AvgIpc) is 3.65. The largest absolute Gasteiger partial charge is 0.309 e. The van der Waals surface area contributed by atoms with Gasteiger partial charge in [-0.15, -0.1) is 0 Å². The van der Waals surface area contributed by atoms with Crippen LogP contribution in [0.5, 0.6) is 0 Å². The Kier molecular flexibility index (Phi) is 3.78. The van der Waals surface area contributed by atoms with Crippen molar-refractivity contribution in [1.82, 2.24) is 4.57 Å². The summed E-state index contributed by atoms with van der Waals surface area (Å²) in [5, 5.41) is 7.96. The molecule has 40 heavy (non-hydrogen) atoms. The molecule has 0 atom stereocenters. The van der Waals surface area contributed by atoms with Crippen LogP contribution in [-0.4, -0.2) is 4.57 Å². The summed E-state index contributed by atoms with van der Waals surface area (Å²) < 4.78 is 2.53. The van der Waals surface area contributed by atoms with Gasteiger partial charge in [0.1, 0.15) is 0 Å². The Morgan fingerprint density at radius 2 is 1.12 bits per heavy atom. The summed E-state index contributed by atoms with van der Waals surface area (Å²) in [5.41, 5.74) is 14.7. The van der Waals surface area contributed by atoms with Crippen LogP contribution in [0.15, 0.2) is 127 Å². The van der Waals surface area contributed by atoms with E-state index in [1.165, 1.54) is 93.5 Å². The first-order chi connectivity index (χ1) is 19.8. The van der Waals surface area contributed by atoms with Crippen molar-refractivity contribution in [3.63, 3.8) is 0 Å². The number of benzene rings is 7. The predicted molar refractivity (Wildman–Crippen MR) is 168 cm³/mol. The van der Waals surface area contributed by atoms with Crippen LogP contribution in [0.3, 0.4) is 0 Å². The van der Waals surface area contributed by atoms with Crippen LogP contribution in [0.4, 0.5) is 0 Å². The molecule has 0 aliphatic heterocycles. The summed E-state index contributed by atoms with van der Waals surface area (Å²) in [6.07, 6.45) is 0.998. The van der Waals surface area contributed by atoms with Gasteiger partial charge in [0.15, 0.2) is 0 Å². The third kappa shape index (κ3) is 2.48. The van der Waals surface area contributed by atoms with E-state index >= 15 is 0 Å². The molecule has 1 nitrogen and oxygen atoms in total. The molecule has 8 aromatic rings. The van der Waals surface area contributed by atoms with E-state index in [0.717, 1.165) is 6.42 Å². The van der Waals surface area contributed by atoms with E-state index in [-0.39, 0.29) is 0 Å². The fourth-order valence-corrected chi connectivity index (χ4v) is 7.66. The van der Waals surface area contributed by atoms with Crippen LogP contribution < -0.4 is 0 Å². The van der Waals surface area contributed by atoms with Crippen LogP contribution >= 0.6 is 0 Å². The Morgan fingerprint density at radius 3 is 2.02 bits per heavy atom. The van der Waals surface area contributed by atoms with E-state index in [4.69, 9.17) is 0 Å². The summed E-state index contributed by atoms with van der Waals surface area (Å²) in [5.74, 6) is 0. The molecule has 0 N–H and O–H groups in total. The highest BCUT2D eigenvalue weighted by molar-refractivity contribution is 6.23. The van der Waals surface area contributed by atoms with Gasteiger partial charge in [-0.25, -0.2) is 0 Å². The summed E-state index contributed by atoms with van der Waals surface area (Å²) in [6.45, 7) is 0. The van der Waals surface area contributed by atoms with Crippen LogP contribution in [0.1, 0.15) is 11.1 Å². The van der Waals surface area contributed by atoms with Crippen LogP contribution in [-0.2, 0) is 6.42 Å². The molecule has 1 aromatic heterocycles. The molecule has 1 heterocycles. The zero-order chi connectivity index (χ0) is 25.9. The maximum absolute atomic E-state index is 2.53. The molecule has 0 fully saturated rings. The molecular weight excluding hydrogens is 482 g/mol. The first-order valence-corrected chi connectivity index (χ1v) is 14.1. The third-order valence-corrected chi connectivity index (χ3v) is 9.33. The lowest BCUT2D eigenvalue weighted by Gasteiger charge is -2.14. The van der Waals surface area contributed by atoms with Crippen molar-refractivity contribution < 1.29 is 0 Å². The highest BCUT2D eigenvalue weighted by atomic mass is 15.0. The maximum atomic E-state index is 2.53. The lowest BCUT2D eigenvalue weighted by molar-refractivity contribution is 1.20. The van der Waals surface area contributed by atoms with Crippen molar-refractivity contribution in [2.24, 2.45) is 0 Å². The van der Waals surface area contributed by atoms with Crippen molar-refractivity contribution in [1.29, 1.82) is 0 Å². The molecular formula is C39H23N. The molecule has 184 valence electrons. The molecule has 0 unspecified atom stereocenters. The maximum Gasteiger partial charge on any atom is 0.0547 e. The van der Waals surface area contributed by atoms with Gasteiger partial charge in [0.2, 0.25) is 0 Å². The Balaban J connectivity index is 1.38. The predicted octanol–water partition coefficient (Wildman–Crippen LogP) is 10.3. The van der Waals surface area contributed by atoms with E-state index in [1.54, 1.807) is 0 Å². The lowest BCUT2D eigenvalue weighted by atomic mass is 10.00. The standard InChI is InChI=1S/C39H23N/c1-4-11-27-23(8-1)16-18-36-39(27)34-21-25-20-24-9-2-3-10-26(24)33(25)22-37(34)40(36)35-19-17-31-29-13-6-5-12-28(29)30-14-7-15-32(35)38(30)31/h1-19,21-22H,20H2. The highest BCUT2D eigenvalue weighted by Crippen LogP contribution is 2.50. The third-order valence-electron chi connectivity index (χ3n) is 9.33. The molecule has 1 heteroatoms. The summed E-state index contributed by atoms with van der Waals surface area (Å²) in [6, 6.07) is 47.6. The minimum atomic E-state index is 0.998. The first kappa shape index (κ1) is 20.8. The van der Waals surface area contributed by atoms with Gasteiger partial charge in [-0.3, -0.25) is 0 Å². The Bertz CT molecular complexity index is 2370. The molecule has 0 bridgehead atoms. The molecule has 10 rings (SSSR count). The molecule has 0 saturated carbocycles.